The van der Waals surface area contributed by atoms with Gasteiger partial charge >= 0.3 is 0 Å². The van der Waals surface area contributed by atoms with Crippen LogP contribution < -0.4 is 5.32 Å². The Labute approximate surface area is 126 Å². The fourth-order valence-corrected chi connectivity index (χ4v) is 2.25. The Hall–Kier alpha value is -1.75. The molecule has 0 saturated carbocycles. The zero-order valence-electron chi connectivity index (χ0n) is 13.2. The van der Waals surface area contributed by atoms with Crippen LogP contribution in [0.15, 0.2) is 30.3 Å². The molecule has 2 aromatic rings. The van der Waals surface area contributed by atoms with Gasteiger partial charge in [-0.05, 0) is 24.1 Å². The number of nitrogens with zero attached hydrogens (tertiary/aromatic N) is 4. The summed E-state index contributed by atoms with van der Waals surface area (Å²) in [5, 5.41) is 16.5. The maximum Gasteiger partial charge on any atom is 0.204 e. The van der Waals surface area contributed by atoms with Crippen LogP contribution in [0.5, 0.6) is 0 Å². The second kappa shape index (κ2) is 7.88. The Morgan fingerprint density at radius 2 is 1.90 bits per heavy atom. The molecule has 0 bridgehead atoms. The maximum absolute atomic E-state index is 4.55. The van der Waals surface area contributed by atoms with Gasteiger partial charge in [0, 0.05) is 12.1 Å². The third-order valence-corrected chi connectivity index (χ3v) is 3.34. The summed E-state index contributed by atoms with van der Waals surface area (Å²) in [6, 6.07) is 10.2. The van der Waals surface area contributed by atoms with Crippen molar-refractivity contribution >= 4 is 0 Å². The molecular formula is C16H25N5. The number of hydrogen-bond donors (Lipinski definition) is 1. The van der Waals surface area contributed by atoms with Crippen LogP contribution in [-0.2, 0) is 0 Å². The van der Waals surface area contributed by atoms with Crippen molar-refractivity contribution in [3.05, 3.63) is 30.3 Å². The molecule has 1 unspecified atom stereocenters. The van der Waals surface area contributed by atoms with Crippen molar-refractivity contribution in [1.29, 1.82) is 0 Å². The molecule has 2 rings (SSSR count). The number of rotatable bonds is 8. The van der Waals surface area contributed by atoms with Gasteiger partial charge in [0.25, 0.3) is 0 Å². The van der Waals surface area contributed by atoms with Crippen molar-refractivity contribution in [2.45, 2.75) is 39.7 Å². The molecule has 0 aliphatic carbocycles. The number of benzene rings is 1. The molecule has 21 heavy (non-hydrogen) atoms. The quantitative estimate of drug-likeness (QED) is 0.811. The molecule has 0 radical (unpaired) electrons. The summed E-state index contributed by atoms with van der Waals surface area (Å²) in [5.41, 5.74) is 1.01. The second-order valence-corrected chi connectivity index (χ2v) is 5.79. The smallest absolute Gasteiger partial charge is 0.204 e. The average Bonchev–Trinajstić information content (AvgIpc) is 2.97. The van der Waals surface area contributed by atoms with Gasteiger partial charge in [-0.15, -0.1) is 10.2 Å². The third kappa shape index (κ3) is 4.63. The molecule has 0 amide bonds. The molecule has 1 atom stereocenters. The lowest BCUT2D eigenvalue weighted by atomic mass is 10.1. The molecule has 5 nitrogen and oxygen atoms in total. The Bertz CT molecular complexity index is 520. The zero-order valence-corrected chi connectivity index (χ0v) is 13.2. The first kappa shape index (κ1) is 15.6. The fourth-order valence-electron chi connectivity index (χ4n) is 2.25. The monoisotopic (exact) mass is 287 g/mol. The van der Waals surface area contributed by atoms with E-state index in [1.165, 1.54) is 0 Å². The van der Waals surface area contributed by atoms with Crippen molar-refractivity contribution in [2.75, 3.05) is 13.1 Å². The van der Waals surface area contributed by atoms with E-state index in [-0.39, 0.29) is 6.04 Å². The van der Waals surface area contributed by atoms with Gasteiger partial charge < -0.3 is 5.32 Å². The summed E-state index contributed by atoms with van der Waals surface area (Å²) in [7, 11) is 0. The molecule has 0 spiro atoms. The van der Waals surface area contributed by atoms with E-state index in [4.69, 9.17) is 0 Å². The van der Waals surface area contributed by atoms with E-state index in [1.807, 2.05) is 30.3 Å². The minimum atomic E-state index is 0.263. The molecule has 5 heteroatoms. The Kier molecular flexibility index (Phi) is 5.87. The minimum absolute atomic E-state index is 0.263. The van der Waals surface area contributed by atoms with Crippen LogP contribution in [0.4, 0.5) is 0 Å². The van der Waals surface area contributed by atoms with Crippen molar-refractivity contribution < 1.29 is 0 Å². The predicted molar refractivity (Wildman–Crippen MR) is 84.9 cm³/mol. The van der Waals surface area contributed by atoms with Gasteiger partial charge in [0.1, 0.15) is 0 Å². The first-order chi connectivity index (χ1) is 10.2. The minimum Gasteiger partial charge on any atom is -0.314 e. The van der Waals surface area contributed by atoms with E-state index in [1.54, 1.807) is 4.80 Å². The first-order valence-corrected chi connectivity index (χ1v) is 7.76. The Balaban J connectivity index is 2.05. The van der Waals surface area contributed by atoms with Crippen molar-refractivity contribution in [3.63, 3.8) is 0 Å². The second-order valence-electron chi connectivity index (χ2n) is 5.79. The molecule has 1 heterocycles. The van der Waals surface area contributed by atoms with Crippen LogP contribution >= 0.6 is 0 Å². The number of aromatic nitrogens is 4. The van der Waals surface area contributed by atoms with Gasteiger partial charge in [-0.2, -0.15) is 4.80 Å². The molecule has 114 valence electrons. The van der Waals surface area contributed by atoms with Gasteiger partial charge in [0.15, 0.2) is 0 Å². The molecule has 0 fully saturated rings. The third-order valence-electron chi connectivity index (χ3n) is 3.34. The maximum atomic E-state index is 4.55. The summed E-state index contributed by atoms with van der Waals surface area (Å²) in [4.78, 5) is 1.76. The van der Waals surface area contributed by atoms with Gasteiger partial charge in [0.2, 0.25) is 5.82 Å². The average molecular weight is 287 g/mol. The highest BCUT2D eigenvalue weighted by atomic mass is 15.6. The van der Waals surface area contributed by atoms with Crippen LogP contribution in [0.2, 0.25) is 0 Å². The van der Waals surface area contributed by atoms with Crippen LogP contribution in [0.1, 0.15) is 39.7 Å². The molecule has 0 aliphatic rings. The van der Waals surface area contributed by atoms with E-state index in [0.717, 1.165) is 31.5 Å². The number of hydrogen-bond acceptors (Lipinski definition) is 4. The standard InChI is InChI=1S/C16H25N5/c1-4-8-15(12-17-11-13(2)3)21-19-16(18-20-21)14-9-6-5-7-10-14/h5-7,9-10,13,15,17H,4,8,11-12H2,1-3H3. The van der Waals surface area contributed by atoms with Gasteiger partial charge in [-0.25, -0.2) is 0 Å². The van der Waals surface area contributed by atoms with Gasteiger partial charge in [-0.1, -0.05) is 57.5 Å². The molecule has 0 saturated heterocycles. The first-order valence-electron chi connectivity index (χ1n) is 7.76. The lowest BCUT2D eigenvalue weighted by Crippen LogP contribution is -2.29. The zero-order chi connectivity index (χ0) is 15.1. The van der Waals surface area contributed by atoms with Crippen molar-refractivity contribution in [1.82, 2.24) is 25.5 Å². The number of nitrogens with one attached hydrogen (secondary N) is 1. The highest BCUT2D eigenvalue weighted by molar-refractivity contribution is 5.52. The summed E-state index contributed by atoms with van der Waals surface area (Å²) in [5.74, 6) is 1.34. The van der Waals surface area contributed by atoms with Crippen LogP contribution in [-0.4, -0.2) is 33.3 Å². The van der Waals surface area contributed by atoms with Gasteiger partial charge in [-0.3, -0.25) is 0 Å². The fraction of sp³-hybridized carbons (Fsp3) is 0.562. The van der Waals surface area contributed by atoms with E-state index in [9.17, 15) is 0 Å². The SMILES string of the molecule is CCCC(CNCC(C)C)n1nnc(-c2ccccc2)n1. The highest BCUT2D eigenvalue weighted by Crippen LogP contribution is 2.15. The van der Waals surface area contributed by atoms with E-state index in [0.29, 0.717) is 11.7 Å². The summed E-state index contributed by atoms with van der Waals surface area (Å²) >= 11 is 0. The van der Waals surface area contributed by atoms with E-state index < -0.39 is 0 Å². The predicted octanol–water partition coefficient (Wildman–Crippen LogP) is 2.93. The summed E-state index contributed by atoms with van der Waals surface area (Å²) in [6.45, 7) is 8.51. The van der Waals surface area contributed by atoms with Gasteiger partial charge in [0.05, 0.1) is 6.04 Å². The van der Waals surface area contributed by atoms with E-state index >= 15 is 0 Å². The topological polar surface area (TPSA) is 55.6 Å². The Morgan fingerprint density at radius 3 is 2.57 bits per heavy atom. The molecule has 0 aliphatic heterocycles. The number of tetrazole rings is 1. The molecule has 1 aromatic carbocycles. The van der Waals surface area contributed by atoms with Crippen LogP contribution in [0.3, 0.4) is 0 Å². The lowest BCUT2D eigenvalue weighted by Gasteiger charge is -2.16. The highest BCUT2D eigenvalue weighted by Gasteiger charge is 2.14. The Morgan fingerprint density at radius 1 is 1.14 bits per heavy atom. The largest absolute Gasteiger partial charge is 0.314 e. The van der Waals surface area contributed by atoms with Crippen molar-refractivity contribution in [3.8, 4) is 11.4 Å². The van der Waals surface area contributed by atoms with Crippen LogP contribution in [0.25, 0.3) is 11.4 Å². The normalized spacial score (nSPS) is 12.8. The van der Waals surface area contributed by atoms with Crippen molar-refractivity contribution in [2.24, 2.45) is 5.92 Å². The molecule has 1 N–H and O–H groups in total. The van der Waals surface area contributed by atoms with E-state index in [2.05, 4.69) is 41.5 Å². The lowest BCUT2D eigenvalue weighted by molar-refractivity contribution is 0.346. The molecular weight excluding hydrogens is 262 g/mol. The summed E-state index contributed by atoms with van der Waals surface area (Å²) < 4.78 is 0. The summed E-state index contributed by atoms with van der Waals surface area (Å²) in [6.07, 6.45) is 2.16. The van der Waals surface area contributed by atoms with Crippen LogP contribution in [0, 0.1) is 5.92 Å². The molecule has 1 aromatic heterocycles.